The fourth-order valence-electron chi connectivity index (χ4n) is 3.16. The van der Waals surface area contributed by atoms with Gasteiger partial charge in [0.2, 0.25) is 11.8 Å². The summed E-state index contributed by atoms with van der Waals surface area (Å²) in [7, 11) is 0. The molecule has 0 atom stereocenters. The van der Waals surface area contributed by atoms with Crippen molar-refractivity contribution in [1.29, 1.82) is 0 Å². The maximum atomic E-state index is 13.3. The van der Waals surface area contributed by atoms with Gasteiger partial charge in [-0.1, -0.05) is 18.2 Å². The highest BCUT2D eigenvalue weighted by Crippen LogP contribution is 2.24. The van der Waals surface area contributed by atoms with Crippen LogP contribution in [-0.2, 0) is 9.59 Å². The van der Waals surface area contributed by atoms with Crippen molar-refractivity contribution in [2.24, 2.45) is 5.41 Å². The first kappa shape index (κ1) is 19.8. The highest BCUT2D eigenvalue weighted by molar-refractivity contribution is 6.09. The van der Waals surface area contributed by atoms with Crippen LogP contribution in [0.4, 0.5) is 20.2 Å². The van der Waals surface area contributed by atoms with Crippen molar-refractivity contribution in [2.45, 2.75) is 13.8 Å². The van der Waals surface area contributed by atoms with Crippen LogP contribution >= 0.6 is 0 Å². The first-order chi connectivity index (χ1) is 13.3. The van der Waals surface area contributed by atoms with Gasteiger partial charge in [-0.15, -0.1) is 0 Å². The minimum absolute atomic E-state index is 0.110. The predicted octanol–water partition coefficient (Wildman–Crippen LogP) is 3.28. The first-order valence-electron chi connectivity index (χ1n) is 9.15. The van der Waals surface area contributed by atoms with Crippen molar-refractivity contribution in [3.8, 4) is 0 Å². The molecule has 7 heteroatoms. The van der Waals surface area contributed by atoms with E-state index in [1.54, 1.807) is 4.90 Å². The highest BCUT2D eigenvalue weighted by atomic mass is 19.2. The second-order valence-electron chi connectivity index (χ2n) is 7.32. The van der Waals surface area contributed by atoms with Crippen LogP contribution in [0.1, 0.15) is 13.8 Å². The summed E-state index contributed by atoms with van der Waals surface area (Å²) >= 11 is 0. The molecule has 28 heavy (non-hydrogen) atoms. The topological polar surface area (TPSA) is 52.7 Å². The number of rotatable bonds is 4. The lowest BCUT2D eigenvalue weighted by atomic mass is 9.89. The van der Waals surface area contributed by atoms with Gasteiger partial charge in [-0.2, -0.15) is 0 Å². The molecular weight excluding hydrogens is 364 g/mol. The molecule has 1 fully saturated rings. The summed E-state index contributed by atoms with van der Waals surface area (Å²) in [5.74, 6) is -2.90. The molecule has 0 aromatic heterocycles. The van der Waals surface area contributed by atoms with Crippen molar-refractivity contribution in [1.82, 2.24) is 4.90 Å². The number of halogens is 2. The number of anilines is 2. The van der Waals surface area contributed by atoms with Crippen LogP contribution in [-0.4, -0.2) is 42.9 Å². The SMILES string of the molecule is CC(C)(C(=O)Nc1ccc(F)c(F)c1)C(=O)N1CCN(c2ccccc2)CC1. The molecule has 2 aromatic carbocycles. The monoisotopic (exact) mass is 387 g/mol. The third kappa shape index (κ3) is 4.13. The molecule has 2 aromatic rings. The lowest BCUT2D eigenvalue weighted by molar-refractivity contribution is -0.146. The molecule has 1 N–H and O–H groups in total. The number of carbonyl (C=O) groups is 2. The Labute approximate surface area is 162 Å². The lowest BCUT2D eigenvalue weighted by Crippen LogP contribution is -2.54. The molecule has 1 heterocycles. The van der Waals surface area contributed by atoms with Crippen molar-refractivity contribution < 1.29 is 18.4 Å². The van der Waals surface area contributed by atoms with E-state index in [2.05, 4.69) is 10.2 Å². The van der Waals surface area contributed by atoms with Crippen LogP contribution in [0, 0.1) is 17.0 Å². The molecule has 0 aliphatic carbocycles. The van der Waals surface area contributed by atoms with Gasteiger partial charge in [-0.25, -0.2) is 8.78 Å². The Morgan fingerprint density at radius 1 is 0.929 bits per heavy atom. The molecule has 0 unspecified atom stereocenters. The Morgan fingerprint density at radius 2 is 1.57 bits per heavy atom. The number of para-hydroxylation sites is 1. The Balaban J connectivity index is 1.62. The van der Waals surface area contributed by atoms with Crippen LogP contribution in [0.5, 0.6) is 0 Å². The third-order valence-electron chi connectivity index (χ3n) is 4.97. The van der Waals surface area contributed by atoms with E-state index in [4.69, 9.17) is 0 Å². The van der Waals surface area contributed by atoms with Gasteiger partial charge in [0.15, 0.2) is 11.6 Å². The van der Waals surface area contributed by atoms with Crippen molar-refractivity contribution in [3.05, 3.63) is 60.2 Å². The van der Waals surface area contributed by atoms with Gasteiger partial charge < -0.3 is 15.1 Å². The van der Waals surface area contributed by atoms with Crippen LogP contribution in [0.2, 0.25) is 0 Å². The second kappa shape index (κ2) is 7.96. The van der Waals surface area contributed by atoms with E-state index in [0.717, 1.165) is 17.8 Å². The molecule has 0 bridgehead atoms. The van der Waals surface area contributed by atoms with E-state index < -0.39 is 23.0 Å². The fraction of sp³-hybridized carbons (Fsp3) is 0.333. The summed E-state index contributed by atoms with van der Waals surface area (Å²) in [6, 6.07) is 13.0. The van der Waals surface area contributed by atoms with E-state index in [1.807, 2.05) is 30.3 Å². The van der Waals surface area contributed by atoms with E-state index >= 15 is 0 Å². The Kier molecular flexibility index (Phi) is 5.63. The minimum Gasteiger partial charge on any atom is -0.368 e. The molecule has 0 saturated carbocycles. The van der Waals surface area contributed by atoms with Crippen LogP contribution in [0.3, 0.4) is 0 Å². The van der Waals surface area contributed by atoms with Gasteiger partial charge in [0, 0.05) is 43.6 Å². The average Bonchev–Trinajstić information content (AvgIpc) is 2.71. The molecule has 1 aliphatic rings. The largest absolute Gasteiger partial charge is 0.368 e. The number of carbonyl (C=O) groups excluding carboxylic acids is 2. The Bertz CT molecular complexity index is 863. The zero-order valence-electron chi connectivity index (χ0n) is 15.9. The molecule has 1 aliphatic heterocycles. The van der Waals surface area contributed by atoms with Gasteiger partial charge in [0.1, 0.15) is 5.41 Å². The van der Waals surface area contributed by atoms with Gasteiger partial charge in [0.25, 0.3) is 0 Å². The molecule has 5 nitrogen and oxygen atoms in total. The van der Waals surface area contributed by atoms with Crippen LogP contribution in [0.25, 0.3) is 0 Å². The van der Waals surface area contributed by atoms with Crippen molar-refractivity contribution in [3.63, 3.8) is 0 Å². The molecule has 0 spiro atoms. The van der Waals surface area contributed by atoms with Crippen LogP contribution < -0.4 is 10.2 Å². The summed E-state index contributed by atoms with van der Waals surface area (Å²) in [6.07, 6.45) is 0. The Hall–Kier alpha value is -2.96. The summed E-state index contributed by atoms with van der Waals surface area (Å²) in [5, 5.41) is 2.50. The average molecular weight is 387 g/mol. The summed E-state index contributed by atoms with van der Waals surface area (Å²) < 4.78 is 26.4. The zero-order valence-corrected chi connectivity index (χ0v) is 15.9. The van der Waals surface area contributed by atoms with E-state index in [0.29, 0.717) is 26.2 Å². The number of amides is 2. The summed E-state index contributed by atoms with van der Waals surface area (Å²) in [4.78, 5) is 29.4. The maximum absolute atomic E-state index is 13.3. The van der Waals surface area contributed by atoms with E-state index in [9.17, 15) is 18.4 Å². The van der Waals surface area contributed by atoms with Crippen LogP contribution in [0.15, 0.2) is 48.5 Å². The summed E-state index contributed by atoms with van der Waals surface area (Å²) in [5.41, 5.74) is -0.122. The zero-order chi connectivity index (χ0) is 20.3. The van der Waals surface area contributed by atoms with E-state index in [-0.39, 0.29) is 11.6 Å². The van der Waals surface area contributed by atoms with Gasteiger partial charge in [-0.3, -0.25) is 9.59 Å². The molecule has 3 rings (SSSR count). The summed E-state index contributed by atoms with van der Waals surface area (Å²) in [6.45, 7) is 5.45. The third-order valence-corrected chi connectivity index (χ3v) is 4.97. The number of nitrogens with one attached hydrogen (secondary N) is 1. The van der Waals surface area contributed by atoms with E-state index in [1.165, 1.54) is 19.9 Å². The maximum Gasteiger partial charge on any atom is 0.239 e. The lowest BCUT2D eigenvalue weighted by Gasteiger charge is -2.39. The number of piperazine rings is 1. The van der Waals surface area contributed by atoms with Gasteiger partial charge in [-0.05, 0) is 38.1 Å². The first-order valence-corrected chi connectivity index (χ1v) is 9.15. The number of hydrogen-bond donors (Lipinski definition) is 1. The smallest absolute Gasteiger partial charge is 0.239 e. The number of hydrogen-bond acceptors (Lipinski definition) is 3. The van der Waals surface area contributed by atoms with Crippen molar-refractivity contribution in [2.75, 3.05) is 36.4 Å². The molecule has 1 saturated heterocycles. The molecule has 2 amide bonds. The minimum atomic E-state index is -1.33. The quantitative estimate of drug-likeness (QED) is 0.820. The fourth-order valence-corrected chi connectivity index (χ4v) is 3.16. The van der Waals surface area contributed by atoms with Gasteiger partial charge in [0.05, 0.1) is 0 Å². The standard InChI is InChI=1S/C21H23F2N3O2/c1-21(2,19(27)24-15-8-9-17(22)18(23)14-15)20(28)26-12-10-25(11-13-26)16-6-4-3-5-7-16/h3-9,14H,10-13H2,1-2H3,(H,24,27). The molecule has 148 valence electrons. The molecule has 0 radical (unpaired) electrons. The van der Waals surface area contributed by atoms with Gasteiger partial charge >= 0.3 is 0 Å². The Morgan fingerprint density at radius 3 is 2.18 bits per heavy atom. The number of nitrogens with zero attached hydrogens (tertiary/aromatic N) is 2. The highest BCUT2D eigenvalue weighted by Gasteiger charge is 2.40. The van der Waals surface area contributed by atoms with Crippen molar-refractivity contribution >= 4 is 23.2 Å². The predicted molar refractivity (Wildman–Crippen MR) is 104 cm³/mol. The second-order valence-corrected chi connectivity index (χ2v) is 7.32. The normalized spacial score (nSPS) is 14.7. The molecular formula is C21H23F2N3O2. The number of benzene rings is 2.